The number of rotatable bonds is 6. The van der Waals surface area contributed by atoms with Gasteiger partial charge in [-0.15, -0.1) is 11.8 Å². The number of Topliss-reactive ketones (excluding diaryl/α,β-unsaturated/α-hetero) is 4. The maximum absolute atomic E-state index is 15.3. The number of fused-ring (bicyclic) bond motifs is 3. The molecular formula is C40H45ClN6O8S. The maximum Gasteiger partial charge on any atom is 0.225 e. The zero-order valence-electron chi connectivity index (χ0n) is 31.5. The molecule has 16 heteroatoms. The first-order chi connectivity index (χ1) is 27.1. The van der Waals surface area contributed by atoms with E-state index in [4.69, 9.17) is 30.5 Å². The van der Waals surface area contributed by atoms with Gasteiger partial charge in [0, 0.05) is 26.1 Å². The number of ketones is 4. The number of ether oxygens (including phenoxy) is 4. The summed E-state index contributed by atoms with van der Waals surface area (Å²) in [6.45, 7) is 1.49. The summed E-state index contributed by atoms with van der Waals surface area (Å²) in [4.78, 5) is 81.7. The van der Waals surface area contributed by atoms with Gasteiger partial charge in [0.25, 0.3) is 0 Å². The molecule has 2 aliphatic heterocycles. The number of thioether (sulfide) groups is 1. The van der Waals surface area contributed by atoms with Crippen LogP contribution in [0.4, 0.5) is 0 Å². The van der Waals surface area contributed by atoms with Crippen LogP contribution in [0.2, 0.25) is 5.28 Å². The van der Waals surface area contributed by atoms with Crippen LogP contribution in [0.1, 0.15) is 91.7 Å². The van der Waals surface area contributed by atoms with Gasteiger partial charge in [0.1, 0.15) is 11.2 Å². The van der Waals surface area contributed by atoms with Crippen molar-refractivity contribution in [1.29, 1.82) is 0 Å². The SMILES string of the molecule is CSc1ccnc(C(=O)C2C(=O)C3(CCCCC34OCCO4)C3CC2C3C2CCC3(OCCO3)[C@]3(CCCC(C(=O)c4nc(Cl)nc5c4ncn5C)C3=O)C2)n1. The molecule has 11 rings (SSSR count). The Bertz CT molecular complexity index is 2150. The monoisotopic (exact) mass is 804 g/mol. The van der Waals surface area contributed by atoms with Gasteiger partial charge in [-0.1, -0.05) is 12.8 Å². The highest BCUT2D eigenvalue weighted by Gasteiger charge is 2.77. The van der Waals surface area contributed by atoms with Crippen molar-refractivity contribution in [2.24, 2.45) is 53.4 Å². The first-order valence-electron chi connectivity index (χ1n) is 20.0. The molecule has 296 valence electrons. The fraction of sp³-hybridized carbons (Fsp3) is 0.675. The normalized spacial score (nSPS) is 35.8. The summed E-state index contributed by atoms with van der Waals surface area (Å²) in [5, 5.41) is 0.564. The number of hydrogen-bond acceptors (Lipinski definition) is 14. The van der Waals surface area contributed by atoms with Gasteiger partial charge in [-0.2, -0.15) is 4.98 Å². The largest absolute Gasteiger partial charge is 0.346 e. The van der Waals surface area contributed by atoms with Crippen LogP contribution in [0.15, 0.2) is 23.6 Å². The van der Waals surface area contributed by atoms with Gasteiger partial charge in [-0.3, -0.25) is 19.2 Å². The molecule has 3 aromatic rings. The van der Waals surface area contributed by atoms with Gasteiger partial charge in [0.15, 0.2) is 40.4 Å². The van der Waals surface area contributed by atoms with E-state index < -0.39 is 40.0 Å². The van der Waals surface area contributed by atoms with Gasteiger partial charge in [0.05, 0.1) is 60.4 Å². The Labute approximate surface area is 332 Å². The molecule has 2 bridgehead atoms. The summed E-state index contributed by atoms with van der Waals surface area (Å²) in [7, 11) is 1.76. The van der Waals surface area contributed by atoms with E-state index in [1.54, 1.807) is 30.2 Å². The van der Waals surface area contributed by atoms with Crippen LogP contribution in [-0.4, -0.2) is 96.9 Å². The van der Waals surface area contributed by atoms with E-state index in [1.807, 2.05) is 6.26 Å². The van der Waals surface area contributed by atoms with Crippen LogP contribution in [0.3, 0.4) is 0 Å². The standard InChI is InChI=1S/C40H45ClN6O8S/c1-47-20-43-29-28(45-36(41)46-35(29)47)30(48)22-6-5-9-37(32(22)50)19-21(7-12-39(37)52-14-15-53-39)26-23-18-24(26)38(10-3-4-11-40(38)54-16-17-55-40)33(51)27(23)31(49)34-42-13-8-25(44-34)56-2/h8,13,20-24,26-27H,3-7,9-12,14-19H2,1-2H3/t21?,22?,23?,24?,26?,27?,37-,38?/m1/s1. The lowest BCUT2D eigenvalue weighted by Gasteiger charge is -2.68. The van der Waals surface area contributed by atoms with Crippen LogP contribution in [-0.2, 0) is 35.6 Å². The van der Waals surface area contributed by atoms with Crippen LogP contribution in [0.25, 0.3) is 11.2 Å². The third-order valence-corrected chi connectivity index (χ3v) is 15.6. The fourth-order valence-electron chi connectivity index (χ4n) is 12.6. The second-order valence-electron chi connectivity index (χ2n) is 16.9. The minimum absolute atomic E-state index is 0.0351. The molecule has 0 radical (unpaired) electrons. The van der Waals surface area contributed by atoms with E-state index in [2.05, 4.69) is 24.9 Å². The number of aromatic nitrogens is 6. The molecule has 56 heavy (non-hydrogen) atoms. The smallest absolute Gasteiger partial charge is 0.225 e. The van der Waals surface area contributed by atoms with Crippen LogP contribution in [0, 0.1) is 46.3 Å². The molecule has 6 saturated carbocycles. The van der Waals surface area contributed by atoms with E-state index >= 15 is 9.59 Å². The van der Waals surface area contributed by atoms with Crippen molar-refractivity contribution in [3.63, 3.8) is 0 Å². The molecule has 2 saturated heterocycles. The summed E-state index contributed by atoms with van der Waals surface area (Å²) >= 11 is 7.74. The molecular weight excluding hydrogens is 760 g/mol. The van der Waals surface area contributed by atoms with E-state index in [-0.39, 0.29) is 57.8 Å². The van der Waals surface area contributed by atoms with Gasteiger partial charge in [-0.05, 0) is 92.5 Å². The van der Waals surface area contributed by atoms with Gasteiger partial charge < -0.3 is 23.5 Å². The van der Waals surface area contributed by atoms with Gasteiger partial charge in [0.2, 0.25) is 11.1 Å². The fourth-order valence-corrected chi connectivity index (χ4v) is 13.2. The van der Waals surface area contributed by atoms with E-state index in [0.717, 1.165) is 12.8 Å². The number of aryl methyl sites for hydroxylation is 1. The Morgan fingerprint density at radius 1 is 0.875 bits per heavy atom. The lowest BCUT2D eigenvalue weighted by molar-refractivity contribution is -0.307. The highest BCUT2D eigenvalue weighted by molar-refractivity contribution is 7.98. The Morgan fingerprint density at radius 2 is 1.62 bits per heavy atom. The van der Waals surface area contributed by atoms with Crippen molar-refractivity contribution < 1.29 is 38.1 Å². The quantitative estimate of drug-likeness (QED) is 0.104. The van der Waals surface area contributed by atoms with Crippen molar-refractivity contribution in [1.82, 2.24) is 29.5 Å². The Kier molecular flexibility index (Phi) is 8.88. The average Bonchev–Trinajstić information content (AvgIpc) is 3.97. The third-order valence-electron chi connectivity index (χ3n) is 14.8. The molecule has 8 aliphatic rings. The molecule has 14 nitrogen and oxygen atoms in total. The van der Waals surface area contributed by atoms with E-state index in [1.165, 1.54) is 11.8 Å². The summed E-state index contributed by atoms with van der Waals surface area (Å²) in [6, 6.07) is 1.76. The second kappa shape index (κ2) is 13.4. The van der Waals surface area contributed by atoms with Crippen molar-refractivity contribution in [3.8, 4) is 0 Å². The number of imidazole rings is 1. The number of carbonyl (C=O) groups is 4. The summed E-state index contributed by atoms with van der Waals surface area (Å²) in [5.74, 6) is -5.80. The summed E-state index contributed by atoms with van der Waals surface area (Å²) in [5.41, 5.74) is -1.40. The number of halogens is 1. The molecule has 0 N–H and O–H groups in total. The summed E-state index contributed by atoms with van der Waals surface area (Å²) < 4.78 is 27.7. The number of carbonyl (C=O) groups excluding carboxylic acids is 4. The number of nitrogens with zero attached hydrogens (tertiary/aromatic N) is 6. The average molecular weight is 805 g/mol. The van der Waals surface area contributed by atoms with Crippen molar-refractivity contribution in [2.75, 3.05) is 32.7 Å². The van der Waals surface area contributed by atoms with Crippen LogP contribution >= 0.6 is 23.4 Å². The molecule has 3 aromatic heterocycles. The van der Waals surface area contributed by atoms with Crippen molar-refractivity contribution in [3.05, 3.63) is 35.4 Å². The van der Waals surface area contributed by atoms with Gasteiger partial charge in [-0.25, -0.2) is 19.9 Å². The number of hydrogen-bond donors (Lipinski definition) is 0. The Balaban J connectivity index is 1.05. The topological polar surface area (TPSA) is 175 Å². The molecule has 0 aromatic carbocycles. The lowest BCUT2D eigenvalue weighted by Crippen LogP contribution is -2.74. The zero-order chi connectivity index (χ0) is 38.6. The minimum Gasteiger partial charge on any atom is -0.346 e. The molecule has 8 atom stereocenters. The molecule has 5 heterocycles. The van der Waals surface area contributed by atoms with E-state index in [9.17, 15) is 9.59 Å². The van der Waals surface area contributed by atoms with Gasteiger partial charge >= 0.3 is 0 Å². The Morgan fingerprint density at radius 3 is 2.39 bits per heavy atom. The molecule has 6 aliphatic carbocycles. The van der Waals surface area contributed by atoms with Crippen LogP contribution in [0.5, 0.6) is 0 Å². The predicted octanol–water partition coefficient (Wildman–Crippen LogP) is 5.25. The first kappa shape index (κ1) is 37.1. The highest BCUT2D eigenvalue weighted by atomic mass is 35.5. The van der Waals surface area contributed by atoms with E-state index in [0.29, 0.717) is 100 Å². The Hall–Kier alpha value is -3.21. The lowest BCUT2D eigenvalue weighted by atomic mass is 9.35. The minimum atomic E-state index is -1.18. The van der Waals surface area contributed by atoms with Crippen molar-refractivity contribution >= 4 is 57.7 Å². The summed E-state index contributed by atoms with van der Waals surface area (Å²) in [6.07, 6.45) is 11.5. The third kappa shape index (κ3) is 4.99. The van der Waals surface area contributed by atoms with Crippen molar-refractivity contribution in [2.45, 2.75) is 87.2 Å². The maximum atomic E-state index is 15.3. The molecule has 7 unspecified atom stereocenters. The predicted molar refractivity (Wildman–Crippen MR) is 200 cm³/mol. The molecule has 4 spiro atoms. The van der Waals surface area contributed by atoms with Crippen LogP contribution < -0.4 is 0 Å². The first-order valence-corrected chi connectivity index (χ1v) is 21.6. The zero-order valence-corrected chi connectivity index (χ0v) is 33.1. The molecule has 8 fully saturated rings. The molecule has 0 amide bonds. The second-order valence-corrected chi connectivity index (χ2v) is 18.1. The highest BCUT2D eigenvalue weighted by Crippen LogP contribution is 2.72.